The third-order valence-electron chi connectivity index (χ3n) is 7.05. The van der Waals surface area contributed by atoms with Gasteiger partial charge >= 0.3 is 0 Å². The van der Waals surface area contributed by atoms with Crippen LogP contribution in [0.2, 0.25) is 0 Å². The number of fused-ring (bicyclic) bond motifs is 2. The zero-order valence-corrected chi connectivity index (χ0v) is 17.2. The number of amides is 1. The van der Waals surface area contributed by atoms with Crippen molar-refractivity contribution < 1.29 is 13.6 Å². The van der Waals surface area contributed by atoms with E-state index in [9.17, 15) is 9.18 Å². The standard InChI is InChI=1S/C27H22FNO2/c1-15-22-13-17(28)10-11-24(22)31-26(15)27(30)29-14-16-12-23-18-6-2-4-8-20(18)25(16)21-9-5-3-7-19(21)23/h2-11,13,16,23,25H,12,14H2,1H3,(H,29,30). The van der Waals surface area contributed by atoms with Crippen molar-refractivity contribution in [1.82, 2.24) is 5.32 Å². The molecule has 0 fully saturated rings. The number of hydrogen-bond donors (Lipinski definition) is 1. The van der Waals surface area contributed by atoms with Crippen LogP contribution >= 0.6 is 0 Å². The summed E-state index contributed by atoms with van der Waals surface area (Å²) in [5.74, 6) is 0.665. The van der Waals surface area contributed by atoms with Crippen molar-refractivity contribution in [2.45, 2.75) is 25.2 Å². The van der Waals surface area contributed by atoms with Crippen LogP contribution in [0.5, 0.6) is 0 Å². The van der Waals surface area contributed by atoms with Crippen molar-refractivity contribution >= 4 is 16.9 Å². The molecule has 3 nitrogen and oxygen atoms in total. The maximum absolute atomic E-state index is 13.6. The summed E-state index contributed by atoms with van der Waals surface area (Å²) in [5.41, 5.74) is 6.81. The van der Waals surface area contributed by atoms with Gasteiger partial charge in [-0.1, -0.05) is 48.5 Å². The molecule has 1 amide bonds. The van der Waals surface area contributed by atoms with E-state index < -0.39 is 0 Å². The van der Waals surface area contributed by atoms with Gasteiger partial charge in [-0.25, -0.2) is 4.39 Å². The van der Waals surface area contributed by atoms with E-state index in [1.807, 2.05) is 0 Å². The molecule has 31 heavy (non-hydrogen) atoms. The topological polar surface area (TPSA) is 42.2 Å². The van der Waals surface area contributed by atoms with Gasteiger partial charge < -0.3 is 9.73 Å². The van der Waals surface area contributed by atoms with Gasteiger partial charge in [-0.3, -0.25) is 4.79 Å². The lowest BCUT2D eigenvalue weighted by Gasteiger charge is -2.45. The predicted octanol–water partition coefficient (Wildman–Crippen LogP) is 5.91. The molecule has 0 spiro atoms. The van der Waals surface area contributed by atoms with Crippen molar-refractivity contribution in [3.8, 4) is 0 Å². The minimum Gasteiger partial charge on any atom is -0.451 e. The van der Waals surface area contributed by atoms with Gasteiger partial charge in [-0.15, -0.1) is 0 Å². The fourth-order valence-electron chi connectivity index (χ4n) is 5.67. The zero-order chi connectivity index (χ0) is 21.1. The minimum absolute atomic E-state index is 0.239. The first-order chi connectivity index (χ1) is 15.1. The Bertz CT molecular complexity index is 1290. The molecule has 3 aliphatic carbocycles. The number of carbonyl (C=O) groups excluding carboxylic acids is 1. The average Bonchev–Trinajstić information content (AvgIpc) is 3.13. The Morgan fingerprint density at radius 3 is 2.32 bits per heavy atom. The van der Waals surface area contributed by atoms with Crippen molar-refractivity contribution in [3.05, 3.63) is 106 Å². The largest absolute Gasteiger partial charge is 0.451 e. The molecule has 0 radical (unpaired) electrons. The Morgan fingerprint density at radius 2 is 1.65 bits per heavy atom. The van der Waals surface area contributed by atoms with Crippen molar-refractivity contribution in [2.75, 3.05) is 6.54 Å². The predicted molar refractivity (Wildman–Crippen MR) is 118 cm³/mol. The molecule has 0 saturated heterocycles. The first-order valence-electron chi connectivity index (χ1n) is 10.8. The van der Waals surface area contributed by atoms with E-state index in [0.717, 1.165) is 6.42 Å². The first-order valence-corrected chi connectivity index (χ1v) is 10.8. The van der Waals surface area contributed by atoms with Crippen molar-refractivity contribution in [1.29, 1.82) is 0 Å². The van der Waals surface area contributed by atoms with Crippen LogP contribution in [0.1, 0.15) is 56.6 Å². The quantitative estimate of drug-likeness (QED) is 0.456. The van der Waals surface area contributed by atoms with Gasteiger partial charge in [-0.05, 0) is 59.7 Å². The van der Waals surface area contributed by atoms with Crippen LogP contribution in [0.4, 0.5) is 4.39 Å². The Kier molecular flexibility index (Phi) is 4.04. The number of benzene rings is 3. The Balaban J connectivity index is 1.29. The molecule has 7 rings (SSSR count). The van der Waals surface area contributed by atoms with Crippen LogP contribution in [0.3, 0.4) is 0 Å². The number of aryl methyl sites for hydroxylation is 1. The highest BCUT2D eigenvalue weighted by Gasteiger charge is 2.43. The second kappa shape index (κ2) is 6.81. The number of hydrogen-bond acceptors (Lipinski definition) is 2. The second-order valence-electron chi connectivity index (χ2n) is 8.69. The third kappa shape index (κ3) is 2.74. The molecular formula is C27H22FNO2. The van der Waals surface area contributed by atoms with E-state index in [-0.39, 0.29) is 23.4 Å². The van der Waals surface area contributed by atoms with E-state index in [0.29, 0.717) is 34.9 Å². The van der Waals surface area contributed by atoms with E-state index in [4.69, 9.17) is 4.42 Å². The summed E-state index contributed by atoms with van der Waals surface area (Å²) in [6, 6.07) is 21.7. The number of furan rings is 1. The van der Waals surface area contributed by atoms with Crippen molar-refractivity contribution in [2.24, 2.45) is 5.92 Å². The second-order valence-corrected chi connectivity index (χ2v) is 8.69. The lowest BCUT2D eigenvalue weighted by Crippen LogP contribution is -2.39. The molecule has 1 atom stereocenters. The normalized spacial score (nSPS) is 21.0. The zero-order valence-electron chi connectivity index (χ0n) is 17.2. The molecule has 154 valence electrons. The SMILES string of the molecule is Cc1c(C(=O)NCC2CC3c4ccccc4C2c2ccccc23)oc2ccc(F)cc12. The first kappa shape index (κ1) is 18.4. The van der Waals surface area contributed by atoms with E-state index in [1.54, 1.807) is 13.0 Å². The number of nitrogens with one attached hydrogen (secondary N) is 1. The monoisotopic (exact) mass is 411 g/mol. The Hall–Kier alpha value is -3.40. The van der Waals surface area contributed by atoms with Gasteiger partial charge in [0, 0.05) is 29.3 Å². The molecule has 4 heteroatoms. The summed E-state index contributed by atoms with van der Waals surface area (Å²) in [6.45, 7) is 2.38. The van der Waals surface area contributed by atoms with Crippen LogP contribution in [0.15, 0.2) is 71.1 Å². The van der Waals surface area contributed by atoms with E-state index in [2.05, 4.69) is 53.8 Å². The molecule has 1 unspecified atom stereocenters. The van der Waals surface area contributed by atoms with Gasteiger partial charge in [-0.2, -0.15) is 0 Å². The molecule has 2 bridgehead atoms. The Labute approximate surface area is 179 Å². The molecular weight excluding hydrogens is 389 g/mol. The molecule has 4 aromatic rings. The van der Waals surface area contributed by atoms with Crippen LogP contribution in [0, 0.1) is 18.7 Å². The summed E-state index contributed by atoms with van der Waals surface area (Å²) < 4.78 is 19.4. The lowest BCUT2D eigenvalue weighted by atomic mass is 9.59. The Morgan fingerprint density at radius 1 is 1.00 bits per heavy atom. The van der Waals surface area contributed by atoms with Gasteiger partial charge in [0.15, 0.2) is 5.76 Å². The van der Waals surface area contributed by atoms with Gasteiger partial charge in [0.05, 0.1) is 0 Å². The average molecular weight is 411 g/mol. The number of rotatable bonds is 3. The molecule has 1 heterocycles. The minimum atomic E-state index is -0.334. The highest BCUT2D eigenvalue weighted by molar-refractivity contribution is 5.98. The maximum atomic E-state index is 13.6. The van der Waals surface area contributed by atoms with Crippen LogP contribution in [-0.4, -0.2) is 12.5 Å². The van der Waals surface area contributed by atoms with Crippen LogP contribution < -0.4 is 5.32 Å². The highest BCUT2D eigenvalue weighted by Crippen LogP contribution is 2.55. The fourth-order valence-corrected chi connectivity index (χ4v) is 5.67. The molecule has 0 aliphatic heterocycles. The molecule has 3 aromatic carbocycles. The van der Waals surface area contributed by atoms with Gasteiger partial charge in [0.1, 0.15) is 11.4 Å². The highest BCUT2D eigenvalue weighted by atomic mass is 19.1. The van der Waals surface area contributed by atoms with Crippen LogP contribution in [0.25, 0.3) is 11.0 Å². The molecule has 1 aromatic heterocycles. The third-order valence-corrected chi connectivity index (χ3v) is 7.05. The number of halogens is 1. The summed E-state index contributed by atoms with van der Waals surface area (Å²) in [7, 11) is 0. The van der Waals surface area contributed by atoms with E-state index in [1.165, 1.54) is 34.4 Å². The molecule has 0 saturated carbocycles. The summed E-state index contributed by atoms with van der Waals surface area (Å²) in [6.07, 6.45) is 1.02. The molecule has 3 aliphatic rings. The van der Waals surface area contributed by atoms with Gasteiger partial charge in [0.25, 0.3) is 5.91 Å². The molecule has 1 N–H and O–H groups in total. The summed E-state index contributed by atoms with van der Waals surface area (Å²) >= 11 is 0. The number of carbonyl (C=O) groups is 1. The van der Waals surface area contributed by atoms with E-state index >= 15 is 0 Å². The maximum Gasteiger partial charge on any atom is 0.287 e. The smallest absolute Gasteiger partial charge is 0.287 e. The summed E-state index contributed by atoms with van der Waals surface area (Å²) in [4.78, 5) is 13.0. The lowest BCUT2D eigenvalue weighted by molar-refractivity contribution is 0.0916. The van der Waals surface area contributed by atoms with Gasteiger partial charge in [0.2, 0.25) is 0 Å². The summed E-state index contributed by atoms with van der Waals surface area (Å²) in [5, 5.41) is 3.75. The van der Waals surface area contributed by atoms with Crippen LogP contribution in [-0.2, 0) is 0 Å². The fraction of sp³-hybridized carbons (Fsp3) is 0.222. The van der Waals surface area contributed by atoms with Crippen molar-refractivity contribution in [3.63, 3.8) is 0 Å².